The first-order valence-corrected chi connectivity index (χ1v) is 7.54. The first-order valence-electron chi connectivity index (χ1n) is 7.54. The maximum absolute atomic E-state index is 14.5. The van der Waals surface area contributed by atoms with E-state index in [0.29, 0.717) is 5.52 Å². The zero-order valence-electron chi connectivity index (χ0n) is 12.9. The Kier molecular flexibility index (Phi) is 2.73. The fourth-order valence-electron chi connectivity index (χ4n) is 3.60. The lowest BCUT2D eigenvalue weighted by molar-refractivity contribution is -0.647. The van der Waals surface area contributed by atoms with E-state index in [1.165, 1.54) is 6.07 Å². The molecular weight excluding hydrogens is 277 g/mol. The lowest BCUT2D eigenvalue weighted by atomic mass is 9.95. The maximum Gasteiger partial charge on any atom is 0.249 e. The number of hydrogen-bond acceptors (Lipinski definition) is 1. The highest BCUT2D eigenvalue weighted by atomic mass is 19.1. The summed E-state index contributed by atoms with van der Waals surface area (Å²) in [6.45, 7) is 4.08. The van der Waals surface area contributed by atoms with Crippen molar-refractivity contribution >= 4 is 27.2 Å². The molecule has 110 valence electrons. The average molecular weight is 294 g/mol. The lowest BCUT2D eigenvalue weighted by Gasteiger charge is -2.21. The highest BCUT2D eigenvalue weighted by molar-refractivity contribution is 6.10. The summed E-state index contributed by atoms with van der Waals surface area (Å²) in [5.74, 6) is 1.56. The number of fused-ring (bicyclic) bond motifs is 2. The number of hydrogen-bond donors (Lipinski definition) is 0. The SMILES string of the molecule is CCC1=C(C)Oc2cccc3c2c1[n+](C)c1c(F)cccc31. The summed E-state index contributed by atoms with van der Waals surface area (Å²) >= 11 is 0. The lowest BCUT2D eigenvalue weighted by Crippen LogP contribution is -2.36. The third-order valence-corrected chi connectivity index (χ3v) is 4.54. The Morgan fingerprint density at radius 2 is 1.82 bits per heavy atom. The predicted molar refractivity (Wildman–Crippen MR) is 86.1 cm³/mol. The minimum absolute atomic E-state index is 0.192. The summed E-state index contributed by atoms with van der Waals surface area (Å²) in [6.07, 6.45) is 0.850. The monoisotopic (exact) mass is 294 g/mol. The van der Waals surface area contributed by atoms with Gasteiger partial charge in [0.05, 0.1) is 16.3 Å². The average Bonchev–Trinajstić information content (AvgIpc) is 2.51. The standard InChI is InChI=1S/C19H17FNO/c1-4-12-11(2)22-16-10-6-7-13-14-8-5-9-15(20)18(14)21(3)19(12)17(13)16/h5-10H,4H2,1-3H3/q+1. The molecule has 1 aliphatic heterocycles. The minimum atomic E-state index is -0.192. The summed E-state index contributed by atoms with van der Waals surface area (Å²) in [7, 11) is 1.94. The van der Waals surface area contributed by atoms with Gasteiger partial charge in [0, 0.05) is 5.39 Å². The Morgan fingerprint density at radius 3 is 2.59 bits per heavy atom. The zero-order valence-corrected chi connectivity index (χ0v) is 12.9. The van der Waals surface area contributed by atoms with Crippen LogP contribution < -0.4 is 9.30 Å². The van der Waals surface area contributed by atoms with E-state index in [1.807, 2.05) is 42.8 Å². The van der Waals surface area contributed by atoms with Gasteiger partial charge in [-0.3, -0.25) is 0 Å². The second kappa shape index (κ2) is 4.54. The van der Waals surface area contributed by atoms with Gasteiger partial charge >= 0.3 is 0 Å². The van der Waals surface area contributed by atoms with Crippen molar-refractivity contribution in [3.8, 4) is 5.75 Å². The number of aromatic nitrogens is 1. The van der Waals surface area contributed by atoms with Gasteiger partial charge in [-0.05, 0) is 31.5 Å². The molecule has 0 saturated carbocycles. The molecule has 1 aromatic heterocycles. The molecule has 3 heteroatoms. The Bertz CT molecular complexity index is 972. The van der Waals surface area contributed by atoms with Crippen molar-refractivity contribution in [3.05, 3.63) is 53.7 Å². The van der Waals surface area contributed by atoms with Crippen molar-refractivity contribution in [1.82, 2.24) is 0 Å². The number of halogens is 1. The van der Waals surface area contributed by atoms with Crippen LogP contribution in [-0.2, 0) is 7.05 Å². The molecule has 0 radical (unpaired) electrons. The van der Waals surface area contributed by atoms with E-state index in [4.69, 9.17) is 4.74 Å². The Morgan fingerprint density at radius 1 is 1.09 bits per heavy atom. The third kappa shape index (κ3) is 1.56. The van der Waals surface area contributed by atoms with E-state index >= 15 is 0 Å². The van der Waals surface area contributed by atoms with Gasteiger partial charge in [0.15, 0.2) is 5.82 Å². The molecule has 0 atom stereocenters. The highest BCUT2D eigenvalue weighted by Gasteiger charge is 2.30. The third-order valence-electron chi connectivity index (χ3n) is 4.54. The van der Waals surface area contributed by atoms with Gasteiger partial charge in [-0.2, -0.15) is 8.96 Å². The molecule has 0 spiro atoms. The Balaban J connectivity index is 2.34. The van der Waals surface area contributed by atoms with Crippen LogP contribution in [0.1, 0.15) is 26.0 Å². The van der Waals surface area contributed by atoms with Gasteiger partial charge in [0.25, 0.3) is 0 Å². The fourth-order valence-corrected chi connectivity index (χ4v) is 3.60. The molecule has 0 aliphatic carbocycles. The number of para-hydroxylation sites is 1. The molecule has 22 heavy (non-hydrogen) atoms. The van der Waals surface area contributed by atoms with Gasteiger partial charge in [-0.25, -0.2) is 0 Å². The van der Waals surface area contributed by atoms with Crippen LogP contribution in [0.2, 0.25) is 0 Å². The van der Waals surface area contributed by atoms with Crippen molar-refractivity contribution in [2.75, 3.05) is 0 Å². The molecule has 1 aliphatic rings. The fraction of sp³-hybridized carbons (Fsp3) is 0.211. The number of benzene rings is 2. The molecule has 2 heterocycles. The number of pyridine rings is 1. The van der Waals surface area contributed by atoms with Gasteiger partial charge in [0.2, 0.25) is 11.2 Å². The predicted octanol–water partition coefficient (Wildman–Crippen LogP) is 4.49. The van der Waals surface area contributed by atoms with Crippen molar-refractivity contribution < 1.29 is 13.7 Å². The smallest absolute Gasteiger partial charge is 0.249 e. The van der Waals surface area contributed by atoms with Crippen LogP contribution in [0.5, 0.6) is 5.75 Å². The van der Waals surface area contributed by atoms with E-state index in [2.05, 4.69) is 6.92 Å². The quantitative estimate of drug-likeness (QED) is 0.476. The first kappa shape index (κ1) is 13.3. The molecule has 0 saturated heterocycles. The first-order chi connectivity index (χ1) is 10.6. The zero-order chi connectivity index (χ0) is 15.4. The summed E-state index contributed by atoms with van der Waals surface area (Å²) in [5, 5.41) is 3.03. The van der Waals surface area contributed by atoms with Crippen LogP contribution in [-0.4, -0.2) is 0 Å². The molecular formula is C19H17FNO+. The summed E-state index contributed by atoms with van der Waals surface area (Å²) in [5.41, 5.74) is 2.84. The van der Waals surface area contributed by atoms with Crippen LogP contribution in [0, 0.1) is 5.82 Å². The molecule has 0 unspecified atom stereocenters. The largest absolute Gasteiger partial charge is 0.461 e. The second-order valence-electron chi connectivity index (χ2n) is 5.71. The van der Waals surface area contributed by atoms with Gasteiger partial charge in [0.1, 0.15) is 18.6 Å². The number of aryl methyl sites for hydroxylation is 1. The molecule has 2 aromatic carbocycles. The number of ether oxygens (including phenoxy) is 1. The normalized spacial score (nSPS) is 13.8. The van der Waals surface area contributed by atoms with Crippen molar-refractivity contribution in [2.45, 2.75) is 20.3 Å². The van der Waals surface area contributed by atoms with Crippen molar-refractivity contribution in [1.29, 1.82) is 0 Å². The highest BCUT2D eigenvalue weighted by Crippen LogP contribution is 2.41. The van der Waals surface area contributed by atoms with E-state index in [9.17, 15) is 4.39 Å². The van der Waals surface area contributed by atoms with Crippen LogP contribution >= 0.6 is 0 Å². The maximum atomic E-state index is 14.5. The Labute approximate surface area is 128 Å². The van der Waals surface area contributed by atoms with Crippen molar-refractivity contribution in [3.63, 3.8) is 0 Å². The number of allylic oxidation sites excluding steroid dienone is 2. The molecule has 2 nitrogen and oxygen atoms in total. The minimum Gasteiger partial charge on any atom is -0.461 e. The summed E-state index contributed by atoms with van der Waals surface area (Å²) in [4.78, 5) is 0. The van der Waals surface area contributed by atoms with Crippen LogP contribution in [0.4, 0.5) is 4.39 Å². The van der Waals surface area contributed by atoms with Crippen LogP contribution in [0.25, 0.3) is 27.2 Å². The topological polar surface area (TPSA) is 13.1 Å². The van der Waals surface area contributed by atoms with Crippen LogP contribution in [0.3, 0.4) is 0 Å². The van der Waals surface area contributed by atoms with E-state index in [-0.39, 0.29) is 5.82 Å². The van der Waals surface area contributed by atoms with Gasteiger partial charge < -0.3 is 4.74 Å². The van der Waals surface area contributed by atoms with E-state index < -0.39 is 0 Å². The molecule has 0 amide bonds. The summed E-state index contributed by atoms with van der Waals surface area (Å²) < 4.78 is 22.5. The Hall–Kier alpha value is -2.42. The van der Waals surface area contributed by atoms with E-state index in [0.717, 1.165) is 45.4 Å². The number of nitrogens with zero attached hydrogens (tertiary/aromatic N) is 1. The van der Waals surface area contributed by atoms with Crippen LogP contribution in [0.15, 0.2) is 42.2 Å². The molecule has 0 fully saturated rings. The van der Waals surface area contributed by atoms with E-state index in [1.54, 1.807) is 6.07 Å². The van der Waals surface area contributed by atoms with Gasteiger partial charge in [-0.15, -0.1) is 0 Å². The van der Waals surface area contributed by atoms with Gasteiger partial charge in [-0.1, -0.05) is 25.1 Å². The second-order valence-corrected chi connectivity index (χ2v) is 5.71. The molecule has 0 N–H and O–H groups in total. The molecule has 4 rings (SSSR count). The molecule has 3 aromatic rings. The van der Waals surface area contributed by atoms with Crippen molar-refractivity contribution in [2.24, 2.45) is 7.05 Å². The molecule has 0 bridgehead atoms. The summed E-state index contributed by atoms with van der Waals surface area (Å²) in [6, 6.07) is 11.2. The number of rotatable bonds is 1.